The van der Waals surface area contributed by atoms with Crippen molar-refractivity contribution in [3.8, 4) is 0 Å². The standard InChI is InChI=1S/C18H28N2S/c1-3-8-14(4-2)15-9-7-12-17(13-15)20-18(21)19-16-10-5-6-11-16/h7,9,12-14,16H,3-6,8,10-11H2,1-2H3,(H2,19,20,21). The molecule has 2 nitrogen and oxygen atoms in total. The van der Waals surface area contributed by atoms with Gasteiger partial charge in [0.05, 0.1) is 0 Å². The molecule has 0 spiro atoms. The van der Waals surface area contributed by atoms with Gasteiger partial charge >= 0.3 is 0 Å². The molecular formula is C18H28N2S. The summed E-state index contributed by atoms with van der Waals surface area (Å²) >= 11 is 5.44. The zero-order valence-electron chi connectivity index (χ0n) is 13.3. The van der Waals surface area contributed by atoms with Gasteiger partial charge in [-0.25, -0.2) is 0 Å². The predicted molar refractivity (Wildman–Crippen MR) is 96.0 cm³/mol. The minimum Gasteiger partial charge on any atom is -0.360 e. The Morgan fingerprint density at radius 3 is 2.71 bits per heavy atom. The molecule has 0 radical (unpaired) electrons. The summed E-state index contributed by atoms with van der Waals surface area (Å²) in [7, 11) is 0. The van der Waals surface area contributed by atoms with Gasteiger partial charge in [0.25, 0.3) is 0 Å². The van der Waals surface area contributed by atoms with E-state index in [2.05, 4.69) is 48.7 Å². The van der Waals surface area contributed by atoms with Crippen LogP contribution in [0.2, 0.25) is 0 Å². The molecule has 1 aliphatic carbocycles. The lowest BCUT2D eigenvalue weighted by atomic mass is 9.92. The number of thiocarbonyl (C=S) groups is 1. The van der Waals surface area contributed by atoms with Crippen LogP contribution >= 0.6 is 12.2 Å². The van der Waals surface area contributed by atoms with E-state index < -0.39 is 0 Å². The maximum atomic E-state index is 5.44. The van der Waals surface area contributed by atoms with Crippen LogP contribution in [0, 0.1) is 0 Å². The van der Waals surface area contributed by atoms with E-state index >= 15 is 0 Å². The van der Waals surface area contributed by atoms with Crippen molar-refractivity contribution in [2.75, 3.05) is 5.32 Å². The van der Waals surface area contributed by atoms with Crippen LogP contribution in [0.3, 0.4) is 0 Å². The number of nitrogens with one attached hydrogen (secondary N) is 2. The fourth-order valence-corrected chi connectivity index (χ4v) is 3.53. The molecule has 0 amide bonds. The summed E-state index contributed by atoms with van der Waals surface area (Å²) in [5.74, 6) is 0.660. The third kappa shape index (κ3) is 4.99. The molecule has 21 heavy (non-hydrogen) atoms. The van der Waals surface area contributed by atoms with Gasteiger partial charge in [-0.2, -0.15) is 0 Å². The molecule has 0 bridgehead atoms. The average molecular weight is 305 g/mol. The van der Waals surface area contributed by atoms with E-state index in [1.807, 2.05) is 0 Å². The van der Waals surface area contributed by atoms with Crippen molar-refractivity contribution in [3.63, 3.8) is 0 Å². The molecule has 0 heterocycles. The summed E-state index contributed by atoms with van der Waals surface area (Å²) in [4.78, 5) is 0. The SMILES string of the molecule is CCCC(CC)c1cccc(NC(=S)NC2CCCC2)c1. The Morgan fingerprint density at radius 1 is 1.29 bits per heavy atom. The highest BCUT2D eigenvalue weighted by molar-refractivity contribution is 7.80. The van der Waals surface area contributed by atoms with Crippen LogP contribution in [0.5, 0.6) is 0 Å². The van der Waals surface area contributed by atoms with E-state index in [0.717, 1.165) is 10.8 Å². The molecule has 2 rings (SSSR count). The van der Waals surface area contributed by atoms with Crippen molar-refractivity contribution in [2.24, 2.45) is 0 Å². The average Bonchev–Trinajstić information content (AvgIpc) is 2.97. The quantitative estimate of drug-likeness (QED) is 0.706. The van der Waals surface area contributed by atoms with Crippen LogP contribution < -0.4 is 10.6 Å². The molecule has 1 aromatic carbocycles. The summed E-state index contributed by atoms with van der Waals surface area (Å²) in [5.41, 5.74) is 2.53. The van der Waals surface area contributed by atoms with Crippen molar-refractivity contribution in [1.82, 2.24) is 5.32 Å². The summed E-state index contributed by atoms with van der Waals surface area (Å²) in [6.45, 7) is 4.53. The minimum atomic E-state index is 0.566. The van der Waals surface area contributed by atoms with Gasteiger partial charge < -0.3 is 10.6 Å². The van der Waals surface area contributed by atoms with Gasteiger partial charge in [-0.05, 0) is 61.5 Å². The molecule has 116 valence electrons. The Kier molecular flexibility index (Phi) is 6.50. The Morgan fingerprint density at radius 2 is 2.05 bits per heavy atom. The normalized spacial score (nSPS) is 16.7. The van der Waals surface area contributed by atoms with Gasteiger partial charge in [-0.15, -0.1) is 0 Å². The molecule has 1 saturated carbocycles. The molecule has 3 heteroatoms. The van der Waals surface area contributed by atoms with Crippen molar-refractivity contribution in [1.29, 1.82) is 0 Å². The Labute approximate surface area is 134 Å². The Hall–Kier alpha value is -1.09. The smallest absolute Gasteiger partial charge is 0.170 e. The van der Waals surface area contributed by atoms with E-state index in [1.165, 1.54) is 50.5 Å². The number of hydrogen-bond donors (Lipinski definition) is 2. The fraction of sp³-hybridized carbons (Fsp3) is 0.611. The lowest BCUT2D eigenvalue weighted by molar-refractivity contribution is 0.596. The molecular weight excluding hydrogens is 276 g/mol. The maximum Gasteiger partial charge on any atom is 0.170 e. The van der Waals surface area contributed by atoms with Crippen LogP contribution in [-0.2, 0) is 0 Å². The van der Waals surface area contributed by atoms with Crippen LogP contribution in [0.4, 0.5) is 5.69 Å². The number of hydrogen-bond acceptors (Lipinski definition) is 1. The molecule has 1 fully saturated rings. The monoisotopic (exact) mass is 304 g/mol. The third-order valence-electron chi connectivity index (χ3n) is 4.44. The number of rotatable bonds is 6. The van der Waals surface area contributed by atoms with E-state index in [4.69, 9.17) is 12.2 Å². The van der Waals surface area contributed by atoms with E-state index in [1.54, 1.807) is 0 Å². The van der Waals surface area contributed by atoms with E-state index in [-0.39, 0.29) is 0 Å². The van der Waals surface area contributed by atoms with Crippen LogP contribution in [0.15, 0.2) is 24.3 Å². The van der Waals surface area contributed by atoms with Crippen LogP contribution in [-0.4, -0.2) is 11.2 Å². The summed E-state index contributed by atoms with van der Waals surface area (Å²) in [5, 5.41) is 7.55. The molecule has 2 N–H and O–H groups in total. The van der Waals surface area contributed by atoms with Crippen LogP contribution in [0.25, 0.3) is 0 Å². The predicted octanol–water partition coefficient (Wildman–Crippen LogP) is 5.21. The first-order valence-corrected chi connectivity index (χ1v) is 8.81. The topological polar surface area (TPSA) is 24.1 Å². The Balaban J connectivity index is 1.94. The zero-order chi connectivity index (χ0) is 15.1. The lowest BCUT2D eigenvalue weighted by Gasteiger charge is -2.18. The second-order valence-corrected chi connectivity index (χ2v) is 6.51. The number of benzene rings is 1. The molecule has 0 saturated heterocycles. The van der Waals surface area contributed by atoms with Gasteiger partial charge in [0.15, 0.2) is 5.11 Å². The highest BCUT2D eigenvalue weighted by Crippen LogP contribution is 2.26. The first kappa shape index (κ1) is 16.3. The molecule has 0 aromatic heterocycles. The molecule has 0 aliphatic heterocycles. The van der Waals surface area contributed by atoms with Gasteiger partial charge in [0, 0.05) is 11.7 Å². The zero-order valence-corrected chi connectivity index (χ0v) is 14.1. The molecule has 1 unspecified atom stereocenters. The van der Waals surface area contributed by atoms with E-state index in [9.17, 15) is 0 Å². The largest absolute Gasteiger partial charge is 0.360 e. The van der Waals surface area contributed by atoms with Crippen LogP contribution in [0.1, 0.15) is 70.3 Å². The second-order valence-electron chi connectivity index (χ2n) is 6.10. The maximum absolute atomic E-state index is 5.44. The first-order valence-electron chi connectivity index (χ1n) is 8.40. The summed E-state index contributed by atoms with van der Waals surface area (Å²) in [6.07, 6.45) is 8.83. The van der Waals surface area contributed by atoms with Crippen molar-refractivity contribution < 1.29 is 0 Å². The van der Waals surface area contributed by atoms with Gasteiger partial charge in [-0.3, -0.25) is 0 Å². The van der Waals surface area contributed by atoms with Gasteiger partial charge in [-0.1, -0.05) is 45.2 Å². The fourth-order valence-electron chi connectivity index (χ4n) is 3.25. The highest BCUT2D eigenvalue weighted by Gasteiger charge is 2.15. The summed E-state index contributed by atoms with van der Waals surface area (Å²) in [6, 6.07) is 9.30. The minimum absolute atomic E-state index is 0.566. The van der Waals surface area contributed by atoms with Gasteiger partial charge in [0.2, 0.25) is 0 Å². The van der Waals surface area contributed by atoms with Crippen molar-refractivity contribution >= 4 is 23.0 Å². The third-order valence-corrected chi connectivity index (χ3v) is 4.66. The van der Waals surface area contributed by atoms with Crippen molar-refractivity contribution in [3.05, 3.63) is 29.8 Å². The Bertz CT molecular complexity index is 452. The number of anilines is 1. The first-order chi connectivity index (χ1) is 10.2. The molecule has 1 aromatic rings. The lowest BCUT2D eigenvalue weighted by Crippen LogP contribution is -2.35. The van der Waals surface area contributed by atoms with E-state index in [0.29, 0.717) is 12.0 Å². The van der Waals surface area contributed by atoms with Crippen molar-refractivity contribution in [2.45, 2.75) is 70.8 Å². The summed E-state index contributed by atoms with van der Waals surface area (Å²) < 4.78 is 0. The molecule has 1 aliphatic rings. The molecule has 1 atom stereocenters. The highest BCUT2D eigenvalue weighted by atomic mass is 32.1. The second kappa shape index (κ2) is 8.38. The van der Waals surface area contributed by atoms with Gasteiger partial charge in [0.1, 0.15) is 0 Å².